The number of amides is 2. The van der Waals surface area contributed by atoms with Gasteiger partial charge in [0.05, 0.1) is 5.56 Å². The quantitative estimate of drug-likeness (QED) is 0.658. The molecule has 0 radical (unpaired) electrons. The van der Waals surface area contributed by atoms with Crippen LogP contribution in [-0.2, 0) is 11.3 Å². The van der Waals surface area contributed by atoms with Crippen LogP contribution in [0.15, 0.2) is 42.5 Å². The second-order valence-corrected chi connectivity index (χ2v) is 9.71. The summed E-state index contributed by atoms with van der Waals surface area (Å²) in [6.07, 6.45) is 0. The first-order chi connectivity index (χ1) is 16.8. The van der Waals surface area contributed by atoms with Gasteiger partial charge in [0.2, 0.25) is 0 Å². The average molecular weight is 503 g/mol. The Morgan fingerprint density at radius 1 is 1.06 bits per heavy atom. The van der Waals surface area contributed by atoms with E-state index in [1.807, 2.05) is 11.8 Å². The Bertz CT molecular complexity index is 1050. The van der Waals surface area contributed by atoms with E-state index in [0.29, 0.717) is 49.1 Å². The van der Waals surface area contributed by atoms with E-state index in [2.05, 4.69) is 17.1 Å². The molecule has 188 valence electrons. The van der Waals surface area contributed by atoms with Crippen LogP contribution >= 0.6 is 11.6 Å². The molecule has 2 atom stereocenters. The monoisotopic (exact) mass is 502 g/mol. The van der Waals surface area contributed by atoms with Crippen LogP contribution in [-0.4, -0.2) is 84.5 Å². The van der Waals surface area contributed by atoms with Crippen LogP contribution in [0.5, 0.6) is 5.75 Å². The summed E-state index contributed by atoms with van der Waals surface area (Å²) in [7, 11) is 0. The maximum absolute atomic E-state index is 13.2. The predicted molar refractivity (Wildman–Crippen MR) is 133 cm³/mol. The van der Waals surface area contributed by atoms with Gasteiger partial charge in [0.15, 0.2) is 6.61 Å². The molecule has 4 rings (SSSR count). The number of hydrogen-bond acceptors (Lipinski definition) is 5. The number of nitrogens with one attached hydrogen (secondary N) is 1. The standard InChI is InChI=1S/C26H32ClFN4O3/c1-18-15-32(19(2)14-31(18)16-20-3-6-22(28)7-4-20)25(33)17-35-24-8-5-21(27)13-23(24)26(34)30-11-9-29-10-12-30/h3-8,13,18-19,29H,9-12,14-17H2,1-2H3. The number of carbonyl (C=O) groups excluding carboxylic acids is 2. The van der Waals surface area contributed by atoms with Crippen molar-refractivity contribution >= 4 is 23.4 Å². The van der Waals surface area contributed by atoms with Gasteiger partial charge in [-0.3, -0.25) is 14.5 Å². The number of rotatable bonds is 6. The van der Waals surface area contributed by atoms with E-state index in [1.165, 1.54) is 12.1 Å². The van der Waals surface area contributed by atoms with Crippen LogP contribution in [0.4, 0.5) is 4.39 Å². The van der Waals surface area contributed by atoms with Gasteiger partial charge in [-0.15, -0.1) is 0 Å². The third-order valence-corrected chi connectivity index (χ3v) is 6.90. The molecule has 0 aromatic heterocycles. The minimum atomic E-state index is -0.246. The van der Waals surface area contributed by atoms with Crippen LogP contribution in [0.3, 0.4) is 0 Å². The van der Waals surface area contributed by atoms with Gasteiger partial charge < -0.3 is 19.9 Å². The lowest BCUT2D eigenvalue weighted by Gasteiger charge is -2.44. The Hall–Kier alpha value is -2.68. The molecule has 2 unspecified atom stereocenters. The van der Waals surface area contributed by atoms with Crippen molar-refractivity contribution in [2.45, 2.75) is 32.5 Å². The van der Waals surface area contributed by atoms with Gasteiger partial charge in [-0.1, -0.05) is 23.7 Å². The lowest BCUT2D eigenvalue weighted by atomic mass is 10.1. The van der Waals surface area contributed by atoms with E-state index < -0.39 is 0 Å². The minimum Gasteiger partial charge on any atom is -0.483 e. The van der Waals surface area contributed by atoms with Crippen molar-refractivity contribution < 1.29 is 18.7 Å². The number of carbonyl (C=O) groups is 2. The van der Waals surface area contributed by atoms with Crippen molar-refractivity contribution in [3.8, 4) is 5.75 Å². The zero-order valence-corrected chi connectivity index (χ0v) is 20.9. The second kappa shape index (κ2) is 11.4. The molecule has 2 aliphatic heterocycles. The highest BCUT2D eigenvalue weighted by Crippen LogP contribution is 2.25. The van der Waals surface area contributed by atoms with Crippen LogP contribution in [0.1, 0.15) is 29.8 Å². The Kier molecular flexibility index (Phi) is 8.26. The Labute approximate surface area is 210 Å². The van der Waals surface area contributed by atoms with Gasteiger partial charge in [0.1, 0.15) is 11.6 Å². The number of nitrogens with zero attached hydrogens (tertiary/aromatic N) is 3. The highest BCUT2D eigenvalue weighted by Gasteiger charge is 2.32. The zero-order chi connectivity index (χ0) is 24.9. The normalized spacial score (nSPS) is 21.1. The third-order valence-electron chi connectivity index (χ3n) is 6.66. The fourth-order valence-electron chi connectivity index (χ4n) is 4.65. The Balaban J connectivity index is 1.37. The van der Waals surface area contributed by atoms with Crippen LogP contribution in [0.25, 0.3) is 0 Å². The Morgan fingerprint density at radius 3 is 2.49 bits per heavy atom. The van der Waals surface area contributed by atoms with E-state index >= 15 is 0 Å². The molecular weight excluding hydrogens is 471 g/mol. The Morgan fingerprint density at radius 2 is 1.77 bits per heavy atom. The molecular formula is C26H32ClFN4O3. The van der Waals surface area contributed by atoms with E-state index in [4.69, 9.17) is 16.3 Å². The predicted octanol–water partition coefficient (Wildman–Crippen LogP) is 3.02. The smallest absolute Gasteiger partial charge is 0.260 e. The van der Waals surface area contributed by atoms with E-state index in [1.54, 1.807) is 35.2 Å². The van der Waals surface area contributed by atoms with Crippen molar-refractivity contribution in [1.29, 1.82) is 0 Å². The summed E-state index contributed by atoms with van der Waals surface area (Å²) in [6.45, 7) is 8.63. The first-order valence-electron chi connectivity index (χ1n) is 12.0. The maximum atomic E-state index is 13.2. The summed E-state index contributed by atoms with van der Waals surface area (Å²) >= 11 is 6.16. The molecule has 2 amide bonds. The molecule has 35 heavy (non-hydrogen) atoms. The number of halogens is 2. The van der Waals surface area contributed by atoms with Crippen molar-refractivity contribution in [1.82, 2.24) is 20.0 Å². The molecule has 9 heteroatoms. The molecule has 2 aromatic rings. The molecule has 1 N–H and O–H groups in total. The largest absolute Gasteiger partial charge is 0.483 e. The fourth-order valence-corrected chi connectivity index (χ4v) is 4.82. The molecule has 2 aromatic carbocycles. The summed E-state index contributed by atoms with van der Waals surface area (Å²) < 4.78 is 19.1. The van der Waals surface area contributed by atoms with E-state index in [-0.39, 0.29) is 36.3 Å². The van der Waals surface area contributed by atoms with Gasteiger partial charge >= 0.3 is 0 Å². The van der Waals surface area contributed by atoms with Crippen molar-refractivity contribution in [2.75, 3.05) is 45.9 Å². The van der Waals surface area contributed by atoms with Gasteiger partial charge in [0, 0.05) is 62.9 Å². The molecule has 0 aliphatic carbocycles. The molecule has 0 spiro atoms. The van der Waals surface area contributed by atoms with Crippen LogP contribution < -0.4 is 10.1 Å². The number of ether oxygens (including phenoxy) is 1. The first-order valence-corrected chi connectivity index (χ1v) is 12.4. The molecule has 2 saturated heterocycles. The van der Waals surface area contributed by atoms with E-state index in [9.17, 15) is 14.0 Å². The number of benzene rings is 2. The topological polar surface area (TPSA) is 65.1 Å². The molecule has 2 fully saturated rings. The zero-order valence-electron chi connectivity index (χ0n) is 20.2. The maximum Gasteiger partial charge on any atom is 0.260 e. The second-order valence-electron chi connectivity index (χ2n) is 9.27. The fraction of sp³-hybridized carbons (Fsp3) is 0.462. The van der Waals surface area contributed by atoms with Gasteiger partial charge in [-0.2, -0.15) is 0 Å². The third kappa shape index (κ3) is 6.31. The molecule has 2 heterocycles. The van der Waals surface area contributed by atoms with Gasteiger partial charge in [-0.25, -0.2) is 4.39 Å². The van der Waals surface area contributed by atoms with Crippen LogP contribution in [0, 0.1) is 5.82 Å². The molecule has 7 nitrogen and oxygen atoms in total. The average Bonchev–Trinajstić information content (AvgIpc) is 2.86. The summed E-state index contributed by atoms with van der Waals surface area (Å²) in [5.41, 5.74) is 1.41. The minimum absolute atomic E-state index is 0.00471. The molecule has 0 bridgehead atoms. The first kappa shape index (κ1) is 25.4. The summed E-state index contributed by atoms with van der Waals surface area (Å²) in [5.74, 6) is -0.153. The molecule has 2 aliphatic rings. The SMILES string of the molecule is CC1CN(C(=O)COc2ccc(Cl)cc2C(=O)N2CCNCC2)C(C)CN1Cc1ccc(F)cc1. The van der Waals surface area contributed by atoms with Gasteiger partial charge in [-0.05, 0) is 49.7 Å². The summed E-state index contributed by atoms with van der Waals surface area (Å²) in [5, 5.41) is 3.68. The van der Waals surface area contributed by atoms with Gasteiger partial charge in [0.25, 0.3) is 11.8 Å². The highest BCUT2D eigenvalue weighted by atomic mass is 35.5. The highest BCUT2D eigenvalue weighted by molar-refractivity contribution is 6.31. The van der Waals surface area contributed by atoms with Crippen molar-refractivity contribution in [3.05, 3.63) is 64.4 Å². The summed E-state index contributed by atoms with van der Waals surface area (Å²) in [6, 6.07) is 11.6. The summed E-state index contributed by atoms with van der Waals surface area (Å²) in [4.78, 5) is 32.0. The van der Waals surface area contributed by atoms with Crippen LogP contribution in [0.2, 0.25) is 5.02 Å². The number of piperazine rings is 2. The van der Waals surface area contributed by atoms with Crippen molar-refractivity contribution in [3.63, 3.8) is 0 Å². The lowest BCUT2D eigenvalue weighted by Crippen LogP contribution is -2.58. The van der Waals surface area contributed by atoms with E-state index in [0.717, 1.165) is 18.7 Å². The van der Waals surface area contributed by atoms with Crippen molar-refractivity contribution in [2.24, 2.45) is 0 Å². The number of hydrogen-bond donors (Lipinski definition) is 1. The molecule has 0 saturated carbocycles. The lowest BCUT2D eigenvalue weighted by molar-refractivity contribution is -0.139.